The number of carbonyl (C=O) groups is 1. The highest BCUT2D eigenvalue weighted by atomic mass is 19.1. The van der Waals surface area contributed by atoms with Crippen LogP contribution in [-0.2, 0) is 22.6 Å². The molecule has 0 aliphatic carbocycles. The first kappa shape index (κ1) is 19.2. The molecule has 0 radical (unpaired) electrons. The first-order valence-electron chi connectivity index (χ1n) is 9.54. The van der Waals surface area contributed by atoms with Crippen molar-refractivity contribution in [2.75, 3.05) is 25.2 Å². The number of benzene rings is 3. The molecule has 0 N–H and O–H groups in total. The van der Waals surface area contributed by atoms with Crippen molar-refractivity contribution in [2.24, 2.45) is 0 Å². The molecule has 1 heterocycles. The highest BCUT2D eigenvalue weighted by Crippen LogP contribution is 2.35. The Kier molecular flexibility index (Phi) is 5.58. The van der Waals surface area contributed by atoms with Crippen molar-refractivity contribution in [3.63, 3.8) is 0 Å². The van der Waals surface area contributed by atoms with E-state index in [2.05, 4.69) is 0 Å². The molecule has 5 heteroatoms. The van der Waals surface area contributed by atoms with Crippen molar-refractivity contribution in [3.8, 4) is 16.9 Å². The number of halogens is 1. The Morgan fingerprint density at radius 2 is 1.86 bits per heavy atom. The highest BCUT2D eigenvalue weighted by Gasteiger charge is 2.23. The SMILES string of the molecule is COc1ccc(F)cc1-c1ccc2c(c1)N(CCc1ccccc1)C(=O)COC2. The molecule has 0 bridgehead atoms. The van der Waals surface area contributed by atoms with Crippen LogP contribution in [-0.4, -0.2) is 26.2 Å². The van der Waals surface area contributed by atoms with Crippen molar-refractivity contribution in [1.29, 1.82) is 0 Å². The molecule has 4 nitrogen and oxygen atoms in total. The minimum absolute atomic E-state index is 0.0437. The van der Waals surface area contributed by atoms with Crippen LogP contribution in [0, 0.1) is 5.82 Å². The van der Waals surface area contributed by atoms with Gasteiger partial charge in [0.2, 0.25) is 0 Å². The number of hydrogen-bond donors (Lipinski definition) is 0. The van der Waals surface area contributed by atoms with Gasteiger partial charge in [0.1, 0.15) is 18.2 Å². The smallest absolute Gasteiger partial charge is 0.253 e. The van der Waals surface area contributed by atoms with Gasteiger partial charge in [0.05, 0.1) is 13.7 Å². The van der Waals surface area contributed by atoms with Crippen LogP contribution in [0.2, 0.25) is 0 Å². The van der Waals surface area contributed by atoms with Gasteiger partial charge in [-0.05, 0) is 41.8 Å². The molecule has 0 saturated heterocycles. The van der Waals surface area contributed by atoms with Gasteiger partial charge < -0.3 is 14.4 Å². The Balaban J connectivity index is 1.72. The number of anilines is 1. The van der Waals surface area contributed by atoms with E-state index in [4.69, 9.17) is 9.47 Å². The lowest BCUT2D eigenvalue weighted by Crippen LogP contribution is -2.34. The van der Waals surface area contributed by atoms with E-state index in [1.54, 1.807) is 18.1 Å². The summed E-state index contributed by atoms with van der Waals surface area (Å²) in [5, 5.41) is 0. The van der Waals surface area contributed by atoms with Gasteiger partial charge in [0.25, 0.3) is 5.91 Å². The molecule has 4 rings (SSSR count). The van der Waals surface area contributed by atoms with Crippen LogP contribution in [0.25, 0.3) is 11.1 Å². The minimum Gasteiger partial charge on any atom is -0.496 e. The summed E-state index contributed by atoms with van der Waals surface area (Å²) in [7, 11) is 1.56. The average molecular weight is 391 g/mol. The second kappa shape index (κ2) is 8.45. The lowest BCUT2D eigenvalue weighted by atomic mass is 10.0. The van der Waals surface area contributed by atoms with Crippen LogP contribution in [0.1, 0.15) is 11.1 Å². The van der Waals surface area contributed by atoms with Crippen LogP contribution >= 0.6 is 0 Å². The lowest BCUT2D eigenvalue weighted by molar-refractivity contribution is -0.123. The Morgan fingerprint density at radius 3 is 2.66 bits per heavy atom. The fraction of sp³-hybridized carbons (Fsp3) is 0.208. The maximum absolute atomic E-state index is 13.9. The van der Waals surface area contributed by atoms with Gasteiger partial charge >= 0.3 is 0 Å². The Bertz CT molecular complexity index is 1020. The Labute approximate surface area is 169 Å². The first-order chi connectivity index (χ1) is 14.2. The highest BCUT2D eigenvalue weighted by molar-refractivity contribution is 5.96. The Hall–Kier alpha value is -3.18. The quantitative estimate of drug-likeness (QED) is 0.638. The van der Waals surface area contributed by atoms with E-state index < -0.39 is 0 Å². The van der Waals surface area contributed by atoms with Gasteiger partial charge in [0, 0.05) is 23.4 Å². The summed E-state index contributed by atoms with van der Waals surface area (Å²) in [6.07, 6.45) is 0.736. The zero-order valence-corrected chi connectivity index (χ0v) is 16.2. The average Bonchev–Trinajstić information content (AvgIpc) is 2.90. The Morgan fingerprint density at radius 1 is 1.03 bits per heavy atom. The molecule has 0 fully saturated rings. The van der Waals surface area contributed by atoms with Crippen LogP contribution in [0.4, 0.5) is 10.1 Å². The number of nitrogens with zero attached hydrogens (tertiary/aromatic N) is 1. The maximum atomic E-state index is 13.9. The van der Waals surface area contributed by atoms with E-state index in [1.165, 1.54) is 12.1 Å². The fourth-order valence-corrected chi connectivity index (χ4v) is 3.60. The number of carbonyl (C=O) groups excluding carboxylic acids is 1. The molecule has 0 atom stereocenters. The summed E-state index contributed by atoms with van der Waals surface area (Å²) in [5.74, 6) is 0.164. The van der Waals surface area contributed by atoms with E-state index in [0.29, 0.717) is 24.5 Å². The number of hydrogen-bond acceptors (Lipinski definition) is 3. The topological polar surface area (TPSA) is 38.8 Å². The van der Waals surface area contributed by atoms with Crippen LogP contribution in [0.5, 0.6) is 5.75 Å². The molecule has 0 aromatic heterocycles. The number of methoxy groups -OCH3 is 1. The van der Waals surface area contributed by atoms with Crippen molar-refractivity contribution in [3.05, 3.63) is 83.7 Å². The largest absolute Gasteiger partial charge is 0.496 e. The molecule has 148 valence electrons. The zero-order chi connectivity index (χ0) is 20.2. The summed E-state index contributed by atoms with van der Waals surface area (Å²) >= 11 is 0. The van der Waals surface area contributed by atoms with E-state index in [-0.39, 0.29) is 18.3 Å². The van der Waals surface area contributed by atoms with E-state index in [0.717, 1.165) is 28.8 Å². The van der Waals surface area contributed by atoms with Crippen molar-refractivity contribution < 1.29 is 18.7 Å². The molecule has 1 aliphatic heterocycles. The van der Waals surface area contributed by atoms with E-state index in [9.17, 15) is 9.18 Å². The summed E-state index contributed by atoms with van der Waals surface area (Å²) in [6.45, 7) is 0.953. The minimum atomic E-state index is -0.337. The summed E-state index contributed by atoms with van der Waals surface area (Å²) in [6, 6.07) is 20.2. The number of amides is 1. The molecule has 1 aliphatic rings. The van der Waals surface area contributed by atoms with E-state index >= 15 is 0 Å². The van der Waals surface area contributed by atoms with Crippen LogP contribution in [0.15, 0.2) is 66.7 Å². The van der Waals surface area contributed by atoms with Crippen molar-refractivity contribution in [1.82, 2.24) is 0 Å². The molecule has 29 heavy (non-hydrogen) atoms. The molecule has 0 spiro atoms. The summed E-state index contributed by atoms with van der Waals surface area (Å²) < 4.78 is 24.8. The molecule has 1 amide bonds. The third kappa shape index (κ3) is 4.15. The summed E-state index contributed by atoms with van der Waals surface area (Å²) in [4.78, 5) is 14.5. The van der Waals surface area contributed by atoms with Gasteiger partial charge in [-0.15, -0.1) is 0 Å². The molecule has 0 saturated carbocycles. The normalized spacial score (nSPS) is 13.7. The summed E-state index contributed by atoms with van der Waals surface area (Å²) in [5.41, 5.74) is 4.33. The van der Waals surface area contributed by atoms with Gasteiger partial charge in [-0.1, -0.05) is 42.5 Å². The van der Waals surface area contributed by atoms with Gasteiger partial charge in [-0.2, -0.15) is 0 Å². The standard InChI is InChI=1S/C24H22FNO3/c1-28-23-10-9-20(25)14-21(23)18-7-8-19-15-29-16-24(27)26(22(19)13-18)12-11-17-5-3-2-4-6-17/h2-10,13-14H,11-12,15-16H2,1H3. The second-order valence-electron chi connectivity index (χ2n) is 6.96. The van der Waals surface area contributed by atoms with E-state index in [1.807, 2.05) is 48.5 Å². The van der Waals surface area contributed by atoms with Crippen molar-refractivity contribution >= 4 is 11.6 Å². The first-order valence-corrected chi connectivity index (χ1v) is 9.54. The number of ether oxygens (including phenoxy) is 2. The molecule has 3 aromatic carbocycles. The van der Waals surface area contributed by atoms with Gasteiger partial charge in [-0.3, -0.25) is 4.79 Å². The monoisotopic (exact) mass is 391 g/mol. The predicted octanol–water partition coefficient (Wildman–Crippen LogP) is 4.61. The van der Waals surface area contributed by atoms with Crippen molar-refractivity contribution in [2.45, 2.75) is 13.0 Å². The predicted molar refractivity (Wildman–Crippen MR) is 111 cm³/mol. The molecular weight excluding hydrogens is 369 g/mol. The molecule has 3 aromatic rings. The third-order valence-electron chi connectivity index (χ3n) is 5.10. The number of fused-ring (bicyclic) bond motifs is 1. The second-order valence-corrected chi connectivity index (χ2v) is 6.96. The van der Waals surface area contributed by atoms with Crippen LogP contribution < -0.4 is 9.64 Å². The maximum Gasteiger partial charge on any atom is 0.253 e. The molecular formula is C24H22FNO3. The molecule has 0 unspecified atom stereocenters. The van der Waals surface area contributed by atoms with Gasteiger partial charge in [-0.25, -0.2) is 4.39 Å². The third-order valence-corrected chi connectivity index (χ3v) is 5.10. The van der Waals surface area contributed by atoms with Crippen LogP contribution in [0.3, 0.4) is 0 Å². The zero-order valence-electron chi connectivity index (χ0n) is 16.2. The number of rotatable bonds is 5. The lowest BCUT2D eigenvalue weighted by Gasteiger charge is -2.23. The fourth-order valence-electron chi connectivity index (χ4n) is 3.60. The van der Waals surface area contributed by atoms with Gasteiger partial charge in [0.15, 0.2) is 0 Å².